The Hall–Kier alpha value is -2.88. The van der Waals surface area contributed by atoms with Crippen LogP contribution >= 0.6 is 0 Å². The van der Waals surface area contributed by atoms with Gasteiger partial charge in [-0.1, -0.05) is 42.5 Å². The van der Waals surface area contributed by atoms with Crippen LogP contribution in [0.15, 0.2) is 48.5 Å². The molecule has 0 atom stereocenters. The second kappa shape index (κ2) is 5.72. The van der Waals surface area contributed by atoms with Crippen LogP contribution in [-0.4, -0.2) is 18.2 Å². The number of hydrogen-bond acceptors (Lipinski definition) is 3. The number of fused-ring (bicyclic) bond motifs is 1. The molecule has 4 heteroatoms. The Labute approximate surface area is 132 Å². The van der Waals surface area contributed by atoms with Gasteiger partial charge < -0.3 is 9.84 Å². The summed E-state index contributed by atoms with van der Waals surface area (Å²) in [5, 5.41) is 11.9. The second-order valence-corrected chi connectivity index (χ2v) is 5.29. The van der Waals surface area contributed by atoms with Gasteiger partial charge in [-0.15, -0.1) is 0 Å². The summed E-state index contributed by atoms with van der Waals surface area (Å²) in [5.74, 6) is -1.61. The Balaban J connectivity index is 2.45. The smallest absolute Gasteiger partial charge is 0.342 e. The van der Waals surface area contributed by atoms with E-state index in [2.05, 4.69) is 0 Å². The maximum absolute atomic E-state index is 14.8. The Morgan fingerprint density at radius 2 is 1.83 bits per heavy atom. The lowest BCUT2D eigenvalue weighted by molar-refractivity contribution is 0.0598. The fourth-order valence-corrected chi connectivity index (χ4v) is 2.78. The molecule has 0 unspecified atom stereocenters. The maximum Gasteiger partial charge on any atom is 0.342 e. The fraction of sp³-hybridized carbons (Fsp3) is 0.105. The minimum Gasteiger partial charge on any atom is -0.507 e. The molecule has 1 N–H and O–H groups in total. The summed E-state index contributed by atoms with van der Waals surface area (Å²) < 4.78 is 19.6. The molecule has 3 rings (SSSR count). The molecule has 0 aliphatic rings. The number of methoxy groups -OCH3 is 1. The summed E-state index contributed by atoms with van der Waals surface area (Å²) in [6.45, 7) is 1.55. The van der Waals surface area contributed by atoms with E-state index in [0.29, 0.717) is 5.56 Å². The van der Waals surface area contributed by atoms with Crippen molar-refractivity contribution in [3.8, 4) is 16.9 Å². The molecule has 0 saturated carbocycles. The SMILES string of the molecule is COC(=O)c1c(O)cc(C)c(F)c1-c1cccc2ccccc12. The molecular weight excluding hydrogens is 295 g/mol. The highest BCUT2D eigenvalue weighted by Crippen LogP contribution is 2.38. The van der Waals surface area contributed by atoms with Crippen molar-refractivity contribution in [2.24, 2.45) is 0 Å². The standard InChI is InChI=1S/C19H15FO3/c1-11-10-15(21)17(19(22)23-2)16(18(11)20)14-9-5-7-12-6-3-4-8-13(12)14/h3-10,21H,1-2H3. The number of rotatable bonds is 2. The summed E-state index contributed by atoms with van der Waals surface area (Å²) in [7, 11) is 1.20. The molecule has 3 aromatic rings. The van der Waals surface area contributed by atoms with Crippen molar-refractivity contribution < 1.29 is 19.0 Å². The minimum absolute atomic E-state index is 0.0613. The van der Waals surface area contributed by atoms with Gasteiger partial charge in [0.25, 0.3) is 0 Å². The first kappa shape index (κ1) is 15.0. The average molecular weight is 310 g/mol. The van der Waals surface area contributed by atoms with Gasteiger partial charge in [0.05, 0.1) is 7.11 Å². The molecule has 0 bridgehead atoms. The normalized spacial score (nSPS) is 10.7. The fourth-order valence-electron chi connectivity index (χ4n) is 2.78. The van der Waals surface area contributed by atoms with Crippen LogP contribution in [0.25, 0.3) is 21.9 Å². The van der Waals surface area contributed by atoms with Crippen LogP contribution in [0.2, 0.25) is 0 Å². The van der Waals surface area contributed by atoms with Gasteiger partial charge in [0.15, 0.2) is 0 Å². The van der Waals surface area contributed by atoms with Crippen LogP contribution in [0.4, 0.5) is 4.39 Å². The van der Waals surface area contributed by atoms with Crippen LogP contribution in [-0.2, 0) is 4.74 Å². The monoisotopic (exact) mass is 310 g/mol. The average Bonchev–Trinajstić information content (AvgIpc) is 2.57. The van der Waals surface area contributed by atoms with E-state index in [1.54, 1.807) is 19.1 Å². The van der Waals surface area contributed by atoms with Gasteiger partial charge >= 0.3 is 5.97 Å². The highest BCUT2D eigenvalue weighted by atomic mass is 19.1. The summed E-state index contributed by atoms with van der Waals surface area (Å²) in [4.78, 5) is 12.1. The molecule has 0 aromatic heterocycles. The molecule has 0 saturated heterocycles. The molecule has 0 aliphatic heterocycles. The number of hydrogen-bond donors (Lipinski definition) is 1. The maximum atomic E-state index is 14.8. The van der Waals surface area contributed by atoms with Crippen LogP contribution in [0.1, 0.15) is 15.9 Å². The van der Waals surface area contributed by atoms with Gasteiger partial charge in [-0.2, -0.15) is 0 Å². The molecule has 3 nitrogen and oxygen atoms in total. The first-order chi connectivity index (χ1) is 11.0. The first-order valence-corrected chi connectivity index (χ1v) is 7.13. The minimum atomic E-state index is -0.774. The Kier molecular flexibility index (Phi) is 3.74. The van der Waals surface area contributed by atoms with Crippen molar-refractivity contribution in [3.63, 3.8) is 0 Å². The Morgan fingerprint density at radius 3 is 2.57 bits per heavy atom. The molecule has 3 aromatic carbocycles. The number of aryl methyl sites for hydroxylation is 1. The van der Waals surface area contributed by atoms with Gasteiger partial charge in [0, 0.05) is 5.56 Å². The third-order valence-electron chi connectivity index (χ3n) is 3.87. The number of phenols is 1. The molecule has 0 fully saturated rings. The van der Waals surface area contributed by atoms with E-state index in [1.165, 1.54) is 13.2 Å². The summed E-state index contributed by atoms with van der Waals surface area (Å²) in [5.41, 5.74) is 0.705. The number of halogens is 1. The van der Waals surface area contributed by atoms with Crippen LogP contribution in [0, 0.1) is 12.7 Å². The zero-order chi connectivity index (χ0) is 16.6. The van der Waals surface area contributed by atoms with Gasteiger partial charge in [-0.3, -0.25) is 0 Å². The number of phenolic OH excluding ortho intramolecular Hbond substituents is 1. The largest absolute Gasteiger partial charge is 0.507 e. The Morgan fingerprint density at radius 1 is 1.13 bits per heavy atom. The number of aromatic hydroxyl groups is 1. The van der Waals surface area contributed by atoms with Crippen molar-refractivity contribution in [2.75, 3.05) is 7.11 Å². The van der Waals surface area contributed by atoms with E-state index in [-0.39, 0.29) is 22.4 Å². The highest BCUT2D eigenvalue weighted by molar-refractivity contribution is 6.06. The first-order valence-electron chi connectivity index (χ1n) is 7.13. The lowest BCUT2D eigenvalue weighted by atomic mass is 9.92. The third kappa shape index (κ3) is 2.42. The molecule has 0 aliphatic carbocycles. The molecule has 116 valence electrons. The van der Waals surface area contributed by atoms with Crippen molar-refractivity contribution in [2.45, 2.75) is 6.92 Å². The highest BCUT2D eigenvalue weighted by Gasteiger charge is 2.24. The number of carbonyl (C=O) groups excluding carboxylic acids is 1. The lowest BCUT2D eigenvalue weighted by Crippen LogP contribution is -2.07. The van der Waals surface area contributed by atoms with Crippen molar-refractivity contribution >= 4 is 16.7 Å². The van der Waals surface area contributed by atoms with Gasteiger partial charge in [-0.25, -0.2) is 9.18 Å². The van der Waals surface area contributed by atoms with Gasteiger partial charge in [-0.05, 0) is 34.9 Å². The molecule has 0 spiro atoms. The molecule has 0 radical (unpaired) electrons. The van der Waals surface area contributed by atoms with Crippen molar-refractivity contribution in [1.82, 2.24) is 0 Å². The number of esters is 1. The predicted molar refractivity (Wildman–Crippen MR) is 87.1 cm³/mol. The lowest BCUT2D eigenvalue weighted by Gasteiger charge is -2.15. The summed E-state index contributed by atoms with van der Waals surface area (Å²) in [6, 6.07) is 14.1. The van der Waals surface area contributed by atoms with Gasteiger partial charge in [0.2, 0.25) is 0 Å². The van der Waals surface area contributed by atoms with Crippen LogP contribution < -0.4 is 0 Å². The van der Waals surface area contributed by atoms with Crippen molar-refractivity contribution in [1.29, 1.82) is 0 Å². The summed E-state index contributed by atoms with van der Waals surface area (Å²) >= 11 is 0. The van der Waals surface area contributed by atoms with Crippen LogP contribution in [0.5, 0.6) is 5.75 Å². The van der Waals surface area contributed by atoms with E-state index in [4.69, 9.17) is 4.74 Å². The number of ether oxygens (including phenoxy) is 1. The quantitative estimate of drug-likeness (QED) is 0.711. The zero-order valence-corrected chi connectivity index (χ0v) is 12.8. The van der Waals surface area contributed by atoms with E-state index in [9.17, 15) is 14.3 Å². The number of benzene rings is 3. The summed E-state index contributed by atoms with van der Waals surface area (Å²) in [6.07, 6.45) is 0. The Bertz CT molecular complexity index is 911. The number of carbonyl (C=O) groups is 1. The molecule has 0 heterocycles. The van der Waals surface area contributed by atoms with Gasteiger partial charge in [0.1, 0.15) is 17.1 Å². The van der Waals surface area contributed by atoms with E-state index in [1.807, 2.05) is 30.3 Å². The predicted octanol–water partition coefficient (Wildman–Crippen LogP) is 4.45. The molecular formula is C19H15FO3. The molecule has 0 amide bonds. The van der Waals surface area contributed by atoms with E-state index in [0.717, 1.165) is 10.8 Å². The van der Waals surface area contributed by atoms with Crippen molar-refractivity contribution in [3.05, 3.63) is 65.5 Å². The zero-order valence-electron chi connectivity index (χ0n) is 12.8. The van der Waals surface area contributed by atoms with E-state index < -0.39 is 11.8 Å². The topological polar surface area (TPSA) is 46.5 Å². The third-order valence-corrected chi connectivity index (χ3v) is 3.87. The molecule has 23 heavy (non-hydrogen) atoms. The van der Waals surface area contributed by atoms with E-state index >= 15 is 0 Å². The van der Waals surface area contributed by atoms with Crippen LogP contribution in [0.3, 0.4) is 0 Å². The second-order valence-electron chi connectivity index (χ2n) is 5.29.